The summed E-state index contributed by atoms with van der Waals surface area (Å²) < 4.78 is 26.8. The topological polar surface area (TPSA) is 49.4 Å². The molecular formula is C11H16N2O2S2. The van der Waals surface area contributed by atoms with Gasteiger partial charge in [0.25, 0.3) is 10.0 Å². The average Bonchev–Trinajstić information content (AvgIpc) is 2.98. The van der Waals surface area contributed by atoms with Crippen molar-refractivity contribution >= 4 is 21.4 Å². The Morgan fingerprint density at radius 3 is 3.00 bits per heavy atom. The molecule has 2 saturated heterocycles. The molecule has 0 amide bonds. The Morgan fingerprint density at radius 1 is 1.41 bits per heavy atom. The fourth-order valence-electron chi connectivity index (χ4n) is 2.74. The van der Waals surface area contributed by atoms with E-state index in [2.05, 4.69) is 5.32 Å². The van der Waals surface area contributed by atoms with Gasteiger partial charge in [0.05, 0.1) is 0 Å². The molecule has 1 N–H and O–H groups in total. The van der Waals surface area contributed by atoms with Gasteiger partial charge in [-0.1, -0.05) is 6.07 Å². The first-order valence-electron chi connectivity index (χ1n) is 5.95. The highest BCUT2D eigenvalue weighted by atomic mass is 32.2. The van der Waals surface area contributed by atoms with Gasteiger partial charge in [-0.05, 0) is 36.8 Å². The Hall–Kier alpha value is -0.430. The molecule has 0 radical (unpaired) electrons. The number of sulfonamides is 1. The number of hydrogen-bond acceptors (Lipinski definition) is 4. The van der Waals surface area contributed by atoms with Gasteiger partial charge >= 0.3 is 0 Å². The van der Waals surface area contributed by atoms with Crippen LogP contribution in [0.25, 0.3) is 0 Å². The maximum atomic E-state index is 12.3. The molecule has 0 bridgehead atoms. The molecule has 3 heterocycles. The standard InChI is InChI=1S/C11H16N2O2S2/c14-17(15,11-4-2-6-16-11)13-7-9-3-1-5-12-10(9)8-13/h2,4,6,9-10,12H,1,3,5,7-8H2/t9-,10+/m0/s1. The Morgan fingerprint density at radius 2 is 2.29 bits per heavy atom. The second kappa shape index (κ2) is 4.35. The van der Waals surface area contributed by atoms with Crippen molar-refractivity contribution in [1.29, 1.82) is 0 Å². The van der Waals surface area contributed by atoms with Crippen molar-refractivity contribution in [1.82, 2.24) is 9.62 Å². The van der Waals surface area contributed by atoms with E-state index < -0.39 is 10.0 Å². The lowest BCUT2D eigenvalue weighted by molar-refractivity contribution is 0.339. The van der Waals surface area contributed by atoms with Crippen LogP contribution in [0.5, 0.6) is 0 Å². The highest BCUT2D eigenvalue weighted by Crippen LogP contribution is 2.30. The molecule has 4 nitrogen and oxygen atoms in total. The predicted molar refractivity (Wildman–Crippen MR) is 67.6 cm³/mol. The summed E-state index contributed by atoms with van der Waals surface area (Å²) in [7, 11) is -3.24. The van der Waals surface area contributed by atoms with Crippen LogP contribution in [0.3, 0.4) is 0 Å². The van der Waals surface area contributed by atoms with Gasteiger partial charge in [-0.25, -0.2) is 8.42 Å². The predicted octanol–water partition coefficient (Wildman–Crippen LogP) is 1.12. The molecule has 2 atom stereocenters. The first-order chi connectivity index (χ1) is 8.18. The van der Waals surface area contributed by atoms with Crippen LogP contribution in [0.1, 0.15) is 12.8 Å². The maximum Gasteiger partial charge on any atom is 0.252 e. The van der Waals surface area contributed by atoms with E-state index in [4.69, 9.17) is 0 Å². The van der Waals surface area contributed by atoms with Crippen molar-refractivity contribution < 1.29 is 8.42 Å². The molecule has 1 aromatic rings. The fraction of sp³-hybridized carbons (Fsp3) is 0.636. The minimum absolute atomic E-state index is 0.360. The molecule has 0 aliphatic carbocycles. The van der Waals surface area contributed by atoms with Crippen LogP contribution in [0.2, 0.25) is 0 Å². The molecule has 2 aliphatic heterocycles. The maximum absolute atomic E-state index is 12.3. The van der Waals surface area contributed by atoms with Crippen LogP contribution in [0.15, 0.2) is 21.7 Å². The van der Waals surface area contributed by atoms with Gasteiger partial charge in [0.1, 0.15) is 4.21 Å². The minimum atomic E-state index is -3.24. The van der Waals surface area contributed by atoms with Crippen LogP contribution in [0.4, 0.5) is 0 Å². The van der Waals surface area contributed by atoms with Crippen molar-refractivity contribution in [3.8, 4) is 0 Å². The second-order valence-corrected chi connectivity index (χ2v) is 7.83. The monoisotopic (exact) mass is 272 g/mol. The van der Waals surface area contributed by atoms with Crippen molar-refractivity contribution in [2.75, 3.05) is 19.6 Å². The normalized spacial score (nSPS) is 30.4. The van der Waals surface area contributed by atoms with E-state index in [0.29, 0.717) is 29.3 Å². The third-order valence-corrected chi connectivity index (χ3v) is 6.86. The summed E-state index contributed by atoms with van der Waals surface area (Å²) in [5, 5.41) is 5.24. The van der Waals surface area contributed by atoms with Gasteiger partial charge in [0.15, 0.2) is 0 Å². The zero-order chi connectivity index (χ0) is 11.9. The molecule has 0 saturated carbocycles. The third kappa shape index (κ3) is 2.03. The number of piperidine rings is 1. The number of fused-ring (bicyclic) bond motifs is 1. The third-order valence-electron chi connectivity index (χ3n) is 3.65. The zero-order valence-corrected chi connectivity index (χ0v) is 11.1. The second-order valence-electron chi connectivity index (χ2n) is 4.72. The first kappa shape index (κ1) is 11.6. The Balaban J connectivity index is 1.82. The summed E-state index contributed by atoms with van der Waals surface area (Å²) in [5.41, 5.74) is 0. The van der Waals surface area contributed by atoms with E-state index in [-0.39, 0.29) is 0 Å². The summed E-state index contributed by atoms with van der Waals surface area (Å²) >= 11 is 1.30. The Labute approximate surface area is 106 Å². The minimum Gasteiger partial charge on any atom is -0.312 e. The first-order valence-corrected chi connectivity index (χ1v) is 8.27. The number of thiophene rings is 1. The number of nitrogens with one attached hydrogen (secondary N) is 1. The average molecular weight is 272 g/mol. The van der Waals surface area contributed by atoms with Gasteiger partial charge < -0.3 is 5.32 Å². The molecule has 6 heteroatoms. The molecule has 2 fully saturated rings. The van der Waals surface area contributed by atoms with E-state index in [1.807, 2.05) is 5.38 Å². The zero-order valence-electron chi connectivity index (χ0n) is 9.50. The van der Waals surface area contributed by atoms with Gasteiger partial charge in [-0.15, -0.1) is 11.3 Å². The van der Waals surface area contributed by atoms with Crippen molar-refractivity contribution in [3.63, 3.8) is 0 Å². The quantitative estimate of drug-likeness (QED) is 0.878. The number of rotatable bonds is 2. The van der Waals surface area contributed by atoms with Crippen LogP contribution in [0, 0.1) is 5.92 Å². The van der Waals surface area contributed by atoms with Crippen molar-refractivity contribution in [2.24, 2.45) is 5.92 Å². The van der Waals surface area contributed by atoms with Gasteiger partial charge in [0, 0.05) is 19.1 Å². The highest BCUT2D eigenvalue weighted by molar-refractivity contribution is 7.91. The Bertz CT molecular complexity index is 470. The molecule has 0 unspecified atom stereocenters. The van der Waals surface area contributed by atoms with Crippen molar-refractivity contribution in [2.45, 2.75) is 23.1 Å². The van der Waals surface area contributed by atoms with Crippen molar-refractivity contribution in [3.05, 3.63) is 17.5 Å². The molecule has 17 heavy (non-hydrogen) atoms. The largest absolute Gasteiger partial charge is 0.312 e. The molecule has 0 aromatic carbocycles. The fourth-order valence-corrected chi connectivity index (χ4v) is 5.41. The van der Waals surface area contributed by atoms with E-state index in [1.165, 1.54) is 11.3 Å². The van der Waals surface area contributed by atoms with E-state index >= 15 is 0 Å². The number of hydrogen-bond donors (Lipinski definition) is 1. The van der Waals surface area contributed by atoms with Gasteiger partial charge in [-0.3, -0.25) is 0 Å². The number of nitrogens with zero attached hydrogens (tertiary/aromatic N) is 1. The van der Waals surface area contributed by atoms with Crippen LogP contribution < -0.4 is 5.32 Å². The molecule has 0 spiro atoms. The molecule has 3 rings (SSSR count). The summed E-state index contributed by atoms with van der Waals surface area (Å²) in [6.45, 7) is 2.33. The summed E-state index contributed by atoms with van der Waals surface area (Å²) in [6, 6.07) is 3.84. The lowest BCUT2D eigenvalue weighted by Crippen LogP contribution is -2.41. The lowest BCUT2D eigenvalue weighted by Gasteiger charge is -2.24. The summed E-state index contributed by atoms with van der Waals surface area (Å²) in [4.78, 5) is 0. The van der Waals surface area contributed by atoms with E-state index in [1.54, 1.807) is 16.4 Å². The summed E-state index contributed by atoms with van der Waals surface area (Å²) in [6.07, 6.45) is 2.31. The van der Waals surface area contributed by atoms with Gasteiger partial charge in [0.2, 0.25) is 0 Å². The smallest absolute Gasteiger partial charge is 0.252 e. The van der Waals surface area contributed by atoms with E-state index in [0.717, 1.165) is 19.4 Å². The van der Waals surface area contributed by atoms with E-state index in [9.17, 15) is 8.42 Å². The molecule has 94 valence electrons. The SMILES string of the molecule is O=S(=O)(c1cccs1)N1C[C@@H]2CCCN[C@@H]2C1. The van der Waals surface area contributed by atoms with Crippen LogP contribution in [-0.2, 0) is 10.0 Å². The molecule has 1 aromatic heterocycles. The van der Waals surface area contributed by atoms with Crippen LogP contribution >= 0.6 is 11.3 Å². The lowest BCUT2D eigenvalue weighted by atomic mass is 9.94. The van der Waals surface area contributed by atoms with Gasteiger partial charge in [-0.2, -0.15) is 4.31 Å². The van der Waals surface area contributed by atoms with Crippen LogP contribution in [-0.4, -0.2) is 38.4 Å². The summed E-state index contributed by atoms with van der Waals surface area (Å²) in [5.74, 6) is 0.499. The molecular weight excluding hydrogens is 256 g/mol. The molecule has 2 aliphatic rings. The highest BCUT2D eigenvalue weighted by Gasteiger charge is 2.40. The Kier molecular flexibility index (Phi) is 2.98.